The summed E-state index contributed by atoms with van der Waals surface area (Å²) in [6.07, 6.45) is 1.47. The van der Waals surface area contributed by atoms with E-state index in [1.54, 1.807) is 22.5 Å². The van der Waals surface area contributed by atoms with Crippen molar-refractivity contribution >= 4 is 15.8 Å². The number of nitrogens with zero attached hydrogens (tertiary/aromatic N) is 4. The third-order valence-electron chi connectivity index (χ3n) is 5.39. The number of aromatic nitrogens is 2. The lowest BCUT2D eigenvalue weighted by atomic mass is 10.2. The molecule has 0 saturated carbocycles. The molecule has 1 aromatic heterocycles. The summed E-state index contributed by atoms with van der Waals surface area (Å²) in [6.45, 7) is 7.34. The van der Waals surface area contributed by atoms with Crippen LogP contribution in [0, 0.1) is 13.8 Å². The topological polar surface area (TPSA) is 75.6 Å². The Bertz CT molecular complexity index is 1150. The quantitative estimate of drug-likeness (QED) is 0.603. The van der Waals surface area contributed by atoms with Crippen molar-refractivity contribution in [2.24, 2.45) is 0 Å². The maximum absolute atomic E-state index is 13.1. The normalized spacial score (nSPS) is 17.5. The summed E-state index contributed by atoms with van der Waals surface area (Å²) < 4.78 is 33.6. The van der Waals surface area contributed by atoms with Gasteiger partial charge in [0.1, 0.15) is 17.9 Å². The molecule has 0 spiro atoms. The molecule has 162 valence electrons. The molecule has 1 fully saturated rings. The summed E-state index contributed by atoms with van der Waals surface area (Å²) >= 11 is 0. The van der Waals surface area contributed by atoms with Crippen LogP contribution < -0.4 is 9.64 Å². The summed E-state index contributed by atoms with van der Waals surface area (Å²) in [4.78, 5) is 11.0. The minimum absolute atomic E-state index is 0.198. The summed E-state index contributed by atoms with van der Waals surface area (Å²) in [7, 11) is -3.54. The Morgan fingerprint density at radius 1 is 0.935 bits per heavy atom. The largest absolute Gasteiger partial charge is 0.439 e. The van der Waals surface area contributed by atoms with Gasteiger partial charge in [0.15, 0.2) is 0 Å². The zero-order chi connectivity index (χ0) is 22.0. The lowest BCUT2D eigenvalue weighted by Gasteiger charge is -2.39. The monoisotopic (exact) mass is 438 g/mol. The number of aryl methyl sites for hydroxylation is 2. The van der Waals surface area contributed by atoms with Gasteiger partial charge in [-0.05, 0) is 45.0 Å². The molecule has 0 aliphatic carbocycles. The van der Waals surface area contributed by atoms with E-state index in [0.717, 1.165) is 16.9 Å². The van der Waals surface area contributed by atoms with Crippen molar-refractivity contribution in [3.63, 3.8) is 0 Å². The van der Waals surface area contributed by atoms with E-state index in [4.69, 9.17) is 4.74 Å². The molecule has 1 aliphatic heterocycles. The number of hydrogen-bond acceptors (Lipinski definition) is 6. The number of benzene rings is 2. The smallest absolute Gasteiger partial charge is 0.243 e. The van der Waals surface area contributed by atoms with Crippen molar-refractivity contribution in [1.82, 2.24) is 14.3 Å². The van der Waals surface area contributed by atoms with Crippen LogP contribution in [0.1, 0.15) is 18.1 Å². The molecule has 0 amide bonds. The average molecular weight is 439 g/mol. The van der Waals surface area contributed by atoms with Crippen LogP contribution >= 0.6 is 0 Å². The van der Waals surface area contributed by atoms with Gasteiger partial charge in [-0.25, -0.2) is 18.4 Å². The van der Waals surface area contributed by atoms with Gasteiger partial charge >= 0.3 is 0 Å². The first kappa shape index (κ1) is 21.3. The third-order valence-corrected chi connectivity index (χ3v) is 7.42. The number of ether oxygens (including phenoxy) is 1. The van der Waals surface area contributed by atoms with E-state index in [1.165, 1.54) is 6.33 Å². The highest BCUT2D eigenvalue weighted by Crippen LogP contribution is 2.26. The first-order valence-corrected chi connectivity index (χ1v) is 11.7. The van der Waals surface area contributed by atoms with Crippen LogP contribution in [-0.2, 0) is 10.0 Å². The Morgan fingerprint density at radius 2 is 1.58 bits per heavy atom. The fraction of sp³-hybridized carbons (Fsp3) is 0.304. The average Bonchev–Trinajstić information content (AvgIpc) is 2.76. The van der Waals surface area contributed by atoms with Crippen LogP contribution in [0.25, 0.3) is 0 Å². The lowest BCUT2D eigenvalue weighted by molar-refractivity contribution is 0.305. The molecule has 3 aromatic rings. The highest BCUT2D eigenvalue weighted by Gasteiger charge is 2.34. The van der Waals surface area contributed by atoms with Crippen LogP contribution in [0.3, 0.4) is 0 Å². The van der Waals surface area contributed by atoms with Crippen LogP contribution in [0.4, 0.5) is 5.82 Å². The van der Waals surface area contributed by atoms with Gasteiger partial charge in [-0.1, -0.05) is 35.4 Å². The Balaban J connectivity index is 1.47. The molecule has 0 N–H and O–H groups in total. The molecule has 4 rings (SSSR count). The summed E-state index contributed by atoms with van der Waals surface area (Å²) in [5, 5.41) is 0. The highest BCUT2D eigenvalue weighted by molar-refractivity contribution is 7.89. The van der Waals surface area contributed by atoms with Crippen molar-refractivity contribution in [2.75, 3.05) is 24.5 Å². The standard InChI is InChI=1S/C23H26N4O3S/c1-17-4-8-20(9-5-17)30-23-14-22(24-16-25-23)26-12-13-27(19(3)15-26)31(28,29)21-10-6-18(2)7-11-21/h4-11,14,16,19H,12-13,15H2,1-3H3. The third kappa shape index (κ3) is 4.70. The van der Waals surface area contributed by atoms with Crippen LogP contribution in [0.5, 0.6) is 11.6 Å². The predicted molar refractivity (Wildman–Crippen MR) is 120 cm³/mol. The van der Waals surface area contributed by atoms with Gasteiger partial charge in [0.25, 0.3) is 0 Å². The molecule has 1 saturated heterocycles. The van der Waals surface area contributed by atoms with E-state index in [2.05, 4.69) is 14.9 Å². The SMILES string of the molecule is Cc1ccc(Oc2cc(N3CCN(S(=O)(=O)c4ccc(C)cc4)C(C)C3)ncn2)cc1. The van der Waals surface area contributed by atoms with Crippen LogP contribution in [0.15, 0.2) is 65.8 Å². The minimum Gasteiger partial charge on any atom is -0.439 e. The second kappa shape index (κ2) is 8.64. The fourth-order valence-electron chi connectivity index (χ4n) is 3.64. The van der Waals surface area contributed by atoms with Crippen molar-refractivity contribution in [1.29, 1.82) is 0 Å². The fourth-order valence-corrected chi connectivity index (χ4v) is 5.25. The van der Waals surface area contributed by atoms with E-state index < -0.39 is 10.0 Å². The molecule has 1 unspecified atom stereocenters. The van der Waals surface area contributed by atoms with E-state index in [-0.39, 0.29) is 6.04 Å². The Hall–Kier alpha value is -2.97. The van der Waals surface area contributed by atoms with Gasteiger partial charge in [0.05, 0.1) is 4.90 Å². The zero-order valence-electron chi connectivity index (χ0n) is 17.9. The first-order valence-electron chi connectivity index (χ1n) is 10.2. The van der Waals surface area contributed by atoms with Crippen molar-refractivity contribution in [2.45, 2.75) is 31.7 Å². The minimum atomic E-state index is -3.54. The highest BCUT2D eigenvalue weighted by atomic mass is 32.2. The Morgan fingerprint density at radius 3 is 2.23 bits per heavy atom. The van der Waals surface area contributed by atoms with Crippen molar-refractivity contribution in [3.8, 4) is 11.6 Å². The van der Waals surface area contributed by atoms with E-state index in [0.29, 0.717) is 36.2 Å². The summed E-state index contributed by atoms with van der Waals surface area (Å²) in [5.41, 5.74) is 2.19. The molecule has 2 aromatic carbocycles. The Kier molecular flexibility index (Phi) is 5.93. The molecule has 0 radical (unpaired) electrons. The van der Waals surface area contributed by atoms with Crippen molar-refractivity contribution in [3.05, 3.63) is 72.1 Å². The molecule has 0 bridgehead atoms. The zero-order valence-corrected chi connectivity index (χ0v) is 18.7. The van der Waals surface area contributed by atoms with Gasteiger partial charge in [0, 0.05) is 31.7 Å². The molecule has 7 nitrogen and oxygen atoms in total. The summed E-state index contributed by atoms with van der Waals surface area (Å²) in [5.74, 6) is 1.88. The van der Waals surface area contributed by atoms with Gasteiger partial charge in [-0.3, -0.25) is 0 Å². The van der Waals surface area contributed by atoms with Crippen molar-refractivity contribution < 1.29 is 13.2 Å². The second-order valence-corrected chi connectivity index (χ2v) is 9.74. The van der Waals surface area contributed by atoms with Gasteiger partial charge in [-0.15, -0.1) is 0 Å². The number of anilines is 1. The van der Waals surface area contributed by atoms with Crippen LogP contribution in [0.2, 0.25) is 0 Å². The molecule has 8 heteroatoms. The molecule has 31 heavy (non-hydrogen) atoms. The number of sulfonamides is 1. The molecular formula is C23H26N4O3S. The van der Waals surface area contributed by atoms with E-state index in [1.807, 2.05) is 57.2 Å². The maximum Gasteiger partial charge on any atom is 0.243 e. The molecule has 2 heterocycles. The van der Waals surface area contributed by atoms with Gasteiger partial charge < -0.3 is 9.64 Å². The van der Waals surface area contributed by atoms with E-state index in [9.17, 15) is 8.42 Å². The molecular weight excluding hydrogens is 412 g/mol. The lowest BCUT2D eigenvalue weighted by Crippen LogP contribution is -2.54. The Labute approximate surface area is 183 Å². The number of piperazine rings is 1. The number of rotatable bonds is 5. The molecule has 1 aliphatic rings. The number of hydrogen-bond donors (Lipinski definition) is 0. The predicted octanol–water partition coefficient (Wildman–Crippen LogP) is 3.79. The summed E-state index contributed by atoms with van der Waals surface area (Å²) in [6, 6.07) is 16.3. The van der Waals surface area contributed by atoms with Gasteiger partial charge in [-0.2, -0.15) is 4.31 Å². The second-order valence-electron chi connectivity index (χ2n) is 7.85. The first-order chi connectivity index (χ1) is 14.8. The van der Waals surface area contributed by atoms with Crippen LogP contribution in [-0.4, -0.2) is 48.4 Å². The van der Waals surface area contributed by atoms with Gasteiger partial charge in [0.2, 0.25) is 15.9 Å². The van der Waals surface area contributed by atoms with E-state index >= 15 is 0 Å². The molecule has 1 atom stereocenters. The maximum atomic E-state index is 13.1.